The number of carbonyl (C=O) groups excluding carboxylic acids is 2. The number of H-pyrrole nitrogens is 1. The fourth-order valence-electron chi connectivity index (χ4n) is 3.74. The van der Waals surface area contributed by atoms with E-state index < -0.39 is 11.2 Å². The molecule has 1 saturated heterocycles. The number of hydrogen-bond acceptors (Lipinski definition) is 6. The molecule has 1 aromatic carbocycles. The van der Waals surface area contributed by atoms with E-state index in [4.69, 9.17) is 0 Å². The van der Waals surface area contributed by atoms with Gasteiger partial charge in [0, 0.05) is 15.7 Å². The minimum Gasteiger partial charge on any atom is -0.307 e. The highest BCUT2D eigenvalue weighted by atomic mass is 32.2. The number of rotatable bonds is 2. The number of thiazole rings is 1. The quantitative estimate of drug-likeness (QED) is 0.651. The molecule has 5 rings (SSSR count). The molecule has 0 saturated carbocycles. The molecule has 2 unspecified atom stereocenters. The standard InChI is InChI=1S/C19H14N2O3S3/c1-9-4-6-10(7-5-9)21-17(22)13-12(11-3-2-8-25-11)14-16(20-19(24)27-14)26-15(13)18(21)23/h2-8,12-13,15H,1H3,(H,20,24)/t12-,13?,15?/m1/s1. The smallest absolute Gasteiger partial charge is 0.305 e. The molecule has 2 amide bonds. The molecule has 3 atom stereocenters. The summed E-state index contributed by atoms with van der Waals surface area (Å²) in [6.45, 7) is 1.97. The highest BCUT2D eigenvalue weighted by Crippen LogP contribution is 2.53. The molecule has 5 nitrogen and oxygen atoms in total. The van der Waals surface area contributed by atoms with Crippen LogP contribution in [0.1, 0.15) is 21.2 Å². The average Bonchev–Trinajstić information content (AvgIpc) is 3.34. The largest absolute Gasteiger partial charge is 0.307 e. The van der Waals surface area contributed by atoms with Crippen LogP contribution < -0.4 is 9.77 Å². The van der Waals surface area contributed by atoms with Crippen molar-refractivity contribution in [2.45, 2.75) is 23.1 Å². The number of imide groups is 1. The van der Waals surface area contributed by atoms with Crippen LogP contribution in [0, 0.1) is 12.8 Å². The van der Waals surface area contributed by atoms with Crippen LogP contribution in [-0.4, -0.2) is 22.0 Å². The van der Waals surface area contributed by atoms with E-state index in [-0.39, 0.29) is 22.6 Å². The van der Waals surface area contributed by atoms with E-state index in [1.54, 1.807) is 11.3 Å². The number of benzene rings is 1. The van der Waals surface area contributed by atoms with Crippen molar-refractivity contribution in [1.82, 2.24) is 4.98 Å². The van der Waals surface area contributed by atoms with Crippen LogP contribution in [0.3, 0.4) is 0 Å². The summed E-state index contributed by atoms with van der Waals surface area (Å²) in [5.74, 6) is -1.16. The van der Waals surface area contributed by atoms with E-state index in [2.05, 4.69) is 4.98 Å². The van der Waals surface area contributed by atoms with Crippen molar-refractivity contribution in [2.75, 3.05) is 4.90 Å². The Morgan fingerprint density at radius 1 is 1.04 bits per heavy atom. The molecular weight excluding hydrogens is 400 g/mol. The monoisotopic (exact) mass is 414 g/mol. The van der Waals surface area contributed by atoms with Crippen molar-refractivity contribution in [3.05, 3.63) is 66.8 Å². The Morgan fingerprint density at radius 3 is 2.52 bits per heavy atom. The van der Waals surface area contributed by atoms with Gasteiger partial charge in [-0.1, -0.05) is 46.9 Å². The summed E-state index contributed by atoms with van der Waals surface area (Å²) < 4.78 is 0. The SMILES string of the molecule is Cc1ccc(N2C(=O)C3Sc4[nH]c(=O)sc4[C@H](c4cccs4)C3C2=O)cc1. The van der Waals surface area contributed by atoms with Gasteiger partial charge in [0.05, 0.1) is 16.6 Å². The van der Waals surface area contributed by atoms with Gasteiger partial charge in [0.25, 0.3) is 0 Å². The van der Waals surface area contributed by atoms with Crippen molar-refractivity contribution in [3.63, 3.8) is 0 Å². The van der Waals surface area contributed by atoms with Crippen molar-refractivity contribution in [3.8, 4) is 0 Å². The zero-order valence-corrected chi connectivity index (χ0v) is 16.6. The number of nitrogens with zero attached hydrogens (tertiary/aromatic N) is 1. The first-order valence-electron chi connectivity index (χ1n) is 8.42. The summed E-state index contributed by atoms with van der Waals surface area (Å²) in [6, 6.07) is 11.3. The topological polar surface area (TPSA) is 70.2 Å². The molecule has 136 valence electrons. The van der Waals surface area contributed by atoms with E-state index in [1.807, 2.05) is 48.7 Å². The first kappa shape index (κ1) is 17.0. The van der Waals surface area contributed by atoms with Crippen LogP contribution in [-0.2, 0) is 9.59 Å². The van der Waals surface area contributed by atoms with Gasteiger partial charge in [-0.05, 0) is 30.5 Å². The van der Waals surface area contributed by atoms with Crippen LogP contribution in [0.4, 0.5) is 5.69 Å². The predicted octanol–water partition coefficient (Wildman–Crippen LogP) is 3.60. The lowest BCUT2D eigenvalue weighted by atomic mass is 9.87. The van der Waals surface area contributed by atoms with Gasteiger partial charge in [0.1, 0.15) is 5.25 Å². The number of hydrogen-bond donors (Lipinski definition) is 1. The Bertz CT molecular complexity index is 1100. The van der Waals surface area contributed by atoms with Crippen LogP contribution in [0.25, 0.3) is 0 Å². The van der Waals surface area contributed by atoms with Gasteiger partial charge in [-0.15, -0.1) is 11.3 Å². The van der Waals surface area contributed by atoms with Gasteiger partial charge in [0.15, 0.2) is 0 Å². The molecule has 2 aromatic heterocycles. The average molecular weight is 415 g/mol. The Hall–Kier alpha value is -2.16. The Kier molecular flexibility index (Phi) is 3.89. The second-order valence-electron chi connectivity index (χ2n) is 6.61. The maximum atomic E-state index is 13.4. The maximum Gasteiger partial charge on any atom is 0.305 e. The molecule has 0 bridgehead atoms. The molecule has 2 aliphatic rings. The second kappa shape index (κ2) is 6.19. The van der Waals surface area contributed by atoms with E-state index in [0.717, 1.165) is 31.7 Å². The number of aromatic nitrogens is 1. The Balaban J connectivity index is 1.64. The number of anilines is 1. The molecule has 2 aliphatic heterocycles. The minimum absolute atomic E-state index is 0.149. The third-order valence-corrected chi connectivity index (χ3v) is 8.32. The van der Waals surface area contributed by atoms with Gasteiger partial charge in [-0.3, -0.25) is 14.4 Å². The maximum absolute atomic E-state index is 13.4. The number of thioether (sulfide) groups is 1. The molecule has 8 heteroatoms. The summed E-state index contributed by atoms with van der Waals surface area (Å²) in [5, 5.41) is 2.15. The van der Waals surface area contributed by atoms with E-state index in [1.165, 1.54) is 16.7 Å². The summed E-state index contributed by atoms with van der Waals surface area (Å²) in [6.07, 6.45) is 0. The Morgan fingerprint density at radius 2 is 1.81 bits per heavy atom. The van der Waals surface area contributed by atoms with E-state index in [9.17, 15) is 14.4 Å². The zero-order valence-electron chi connectivity index (χ0n) is 14.2. The number of nitrogens with one attached hydrogen (secondary N) is 1. The molecule has 0 radical (unpaired) electrons. The van der Waals surface area contributed by atoms with Crippen molar-refractivity contribution in [1.29, 1.82) is 0 Å². The summed E-state index contributed by atoms with van der Waals surface area (Å²) in [7, 11) is 0. The number of aromatic amines is 1. The number of carbonyl (C=O) groups is 2. The number of thiophene rings is 1. The highest BCUT2D eigenvalue weighted by Gasteiger charge is 2.56. The minimum atomic E-state index is -0.524. The molecular formula is C19H14N2O3S3. The van der Waals surface area contributed by atoms with Crippen LogP contribution >= 0.6 is 34.4 Å². The fraction of sp³-hybridized carbons (Fsp3) is 0.211. The number of amides is 2. The van der Waals surface area contributed by atoms with Gasteiger partial charge in [-0.25, -0.2) is 4.90 Å². The predicted molar refractivity (Wildman–Crippen MR) is 108 cm³/mol. The second-order valence-corrected chi connectivity index (χ2v) is 9.76. The van der Waals surface area contributed by atoms with E-state index in [0.29, 0.717) is 5.69 Å². The highest BCUT2D eigenvalue weighted by molar-refractivity contribution is 8.00. The number of aryl methyl sites for hydroxylation is 1. The Labute approximate surface area is 167 Å². The lowest BCUT2D eigenvalue weighted by molar-refractivity contribution is -0.122. The van der Waals surface area contributed by atoms with Gasteiger partial charge < -0.3 is 4.98 Å². The van der Waals surface area contributed by atoms with Gasteiger partial charge >= 0.3 is 4.87 Å². The van der Waals surface area contributed by atoms with Gasteiger partial charge in [0.2, 0.25) is 11.8 Å². The molecule has 27 heavy (non-hydrogen) atoms. The summed E-state index contributed by atoms with van der Waals surface area (Å²) >= 11 is 4.00. The summed E-state index contributed by atoms with van der Waals surface area (Å²) in [5.41, 5.74) is 1.67. The fourth-order valence-corrected chi connectivity index (χ4v) is 7.20. The molecule has 1 N–H and O–H groups in total. The molecule has 3 aromatic rings. The zero-order chi connectivity index (χ0) is 18.7. The first-order chi connectivity index (χ1) is 13.0. The third-order valence-electron chi connectivity index (χ3n) is 4.97. The summed E-state index contributed by atoms with van der Waals surface area (Å²) in [4.78, 5) is 44.4. The normalized spacial score (nSPS) is 24.2. The third kappa shape index (κ3) is 2.55. The van der Waals surface area contributed by atoms with Crippen molar-refractivity contribution < 1.29 is 9.59 Å². The van der Waals surface area contributed by atoms with Crippen molar-refractivity contribution >= 4 is 51.9 Å². The lowest BCUT2D eigenvalue weighted by Crippen LogP contribution is -2.32. The molecule has 1 fully saturated rings. The lowest BCUT2D eigenvalue weighted by Gasteiger charge is -2.28. The molecule has 0 aliphatic carbocycles. The van der Waals surface area contributed by atoms with Crippen molar-refractivity contribution in [2.24, 2.45) is 5.92 Å². The molecule has 0 spiro atoms. The van der Waals surface area contributed by atoms with E-state index >= 15 is 0 Å². The van der Waals surface area contributed by atoms with Gasteiger partial charge in [-0.2, -0.15) is 0 Å². The van der Waals surface area contributed by atoms with Crippen LogP contribution in [0.5, 0.6) is 0 Å². The first-order valence-corrected chi connectivity index (χ1v) is 11.0. The number of fused-ring (bicyclic) bond motifs is 2. The van der Waals surface area contributed by atoms with Crippen LogP contribution in [0.2, 0.25) is 0 Å². The molecule has 4 heterocycles. The van der Waals surface area contributed by atoms with Crippen LogP contribution in [0.15, 0.2) is 51.6 Å².